The predicted molar refractivity (Wildman–Crippen MR) is 71.1 cm³/mol. The van der Waals surface area contributed by atoms with Crippen LogP contribution in [0.1, 0.15) is 55.3 Å². The number of nitrogens with two attached hydrogens (primary N) is 1. The number of benzene rings is 1. The minimum atomic E-state index is 0.0374. The average Bonchev–Trinajstić information content (AvgIpc) is 2.42. The van der Waals surface area contributed by atoms with E-state index in [4.69, 9.17) is 10.5 Å². The smallest absolute Gasteiger partial charge is 0.0943 e. The van der Waals surface area contributed by atoms with Crippen molar-refractivity contribution < 1.29 is 4.74 Å². The van der Waals surface area contributed by atoms with Crippen molar-refractivity contribution in [3.63, 3.8) is 0 Å². The molecule has 17 heavy (non-hydrogen) atoms. The largest absolute Gasteiger partial charge is 0.375 e. The van der Waals surface area contributed by atoms with Crippen LogP contribution in [0.25, 0.3) is 0 Å². The molecule has 0 heterocycles. The maximum absolute atomic E-state index is 5.67. The van der Waals surface area contributed by atoms with Crippen molar-refractivity contribution in [3.05, 3.63) is 35.4 Å². The molecule has 0 bridgehead atoms. The third-order valence-electron chi connectivity index (χ3n) is 3.88. The zero-order chi connectivity index (χ0) is 12.1. The van der Waals surface area contributed by atoms with Crippen LogP contribution in [0.3, 0.4) is 0 Å². The Morgan fingerprint density at radius 1 is 1.18 bits per heavy atom. The van der Waals surface area contributed by atoms with Gasteiger partial charge in [0.25, 0.3) is 0 Å². The number of hydrogen-bond donors (Lipinski definition) is 1. The van der Waals surface area contributed by atoms with E-state index < -0.39 is 0 Å². The first kappa shape index (κ1) is 12.6. The topological polar surface area (TPSA) is 35.2 Å². The van der Waals surface area contributed by atoms with Gasteiger partial charge in [0.15, 0.2) is 0 Å². The van der Waals surface area contributed by atoms with E-state index in [1.54, 1.807) is 7.11 Å². The van der Waals surface area contributed by atoms with Crippen LogP contribution in [-0.2, 0) is 4.74 Å². The van der Waals surface area contributed by atoms with Gasteiger partial charge in [-0.3, -0.25) is 0 Å². The SMILES string of the molecule is COC(CN)c1ccc(C2CCCCC2)cc1. The fourth-order valence-corrected chi connectivity index (χ4v) is 2.79. The van der Waals surface area contributed by atoms with Gasteiger partial charge in [0.1, 0.15) is 0 Å². The van der Waals surface area contributed by atoms with Gasteiger partial charge >= 0.3 is 0 Å². The molecule has 2 N–H and O–H groups in total. The van der Waals surface area contributed by atoms with Gasteiger partial charge in [-0.15, -0.1) is 0 Å². The van der Waals surface area contributed by atoms with Crippen molar-refractivity contribution in [2.24, 2.45) is 5.73 Å². The maximum Gasteiger partial charge on any atom is 0.0943 e. The summed E-state index contributed by atoms with van der Waals surface area (Å²) in [5.74, 6) is 0.775. The molecule has 0 saturated heterocycles. The molecule has 0 amide bonds. The maximum atomic E-state index is 5.67. The Balaban J connectivity index is 2.06. The van der Waals surface area contributed by atoms with Gasteiger partial charge < -0.3 is 10.5 Å². The summed E-state index contributed by atoms with van der Waals surface area (Å²) in [5.41, 5.74) is 8.35. The van der Waals surface area contributed by atoms with Crippen LogP contribution in [0.15, 0.2) is 24.3 Å². The molecule has 1 aromatic rings. The van der Waals surface area contributed by atoms with Crippen molar-refractivity contribution in [2.45, 2.75) is 44.1 Å². The van der Waals surface area contributed by atoms with E-state index >= 15 is 0 Å². The molecule has 1 atom stereocenters. The van der Waals surface area contributed by atoms with Gasteiger partial charge in [-0.05, 0) is 29.9 Å². The lowest BCUT2D eigenvalue weighted by atomic mass is 9.84. The molecular formula is C15H23NO. The van der Waals surface area contributed by atoms with E-state index in [0.717, 1.165) is 5.92 Å². The predicted octanol–water partition coefficient (Wildman–Crippen LogP) is 3.38. The standard InChI is InChI=1S/C15H23NO/c1-17-15(11-16)14-9-7-13(8-10-14)12-5-3-2-4-6-12/h7-10,12,15H,2-6,11,16H2,1H3. The summed E-state index contributed by atoms with van der Waals surface area (Å²) in [6.45, 7) is 0.541. The van der Waals surface area contributed by atoms with Crippen molar-refractivity contribution in [1.29, 1.82) is 0 Å². The fraction of sp³-hybridized carbons (Fsp3) is 0.600. The zero-order valence-corrected chi connectivity index (χ0v) is 10.7. The lowest BCUT2D eigenvalue weighted by Gasteiger charge is -2.22. The Bertz CT molecular complexity index is 323. The van der Waals surface area contributed by atoms with Crippen LogP contribution >= 0.6 is 0 Å². The van der Waals surface area contributed by atoms with Crippen LogP contribution in [0.2, 0.25) is 0 Å². The summed E-state index contributed by atoms with van der Waals surface area (Å²) in [6, 6.07) is 8.86. The van der Waals surface area contributed by atoms with Gasteiger partial charge in [-0.25, -0.2) is 0 Å². The molecule has 1 saturated carbocycles. The second-order valence-electron chi connectivity index (χ2n) is 4.96. The number of methoxy groups -OCH3 is 1. The molecule has 1 aliphatic rings. The number of hydrogen-bond acceptors (Lipinski definition) is 2. The molecule has 0 aromatic heterocycles. The summed E-state index contributed by atoms with van der Waals surface area (Å²) in [6.07, 6.45) is 6.92. The van der Waals surface area contributed by atoms with Crippen LogP contribution in [-0.4, -0.2) is 13.7 Å². The molecule has 0 radical (unpaired) electrons. The van der Waals surface area contributed by atoms with E-state index in [9.17, 15) is 0 Å². The van der Waals surface area contributed by atoms with Crippen molar-refractivity contribution >= 4 is 0 Å². The van der Waals surface area contributed by atoms with Crippen LogP contribution < -0.4 is 5.73 Å². The fourth-order valence-electron chi connectivity index (χ4n) is 2.79. The highest BCUT2D eigenvalue weighted by molar-refractivity contribution is 5.27. The number of ether oxygens (including phenoxy) is 1. The molecule has 1 aromatic carbocycles. The Morgan fingerprint density at radius 3 is 2.35 bits per heavy atom. The van der Waals surface area contributed by atoms with Crippen molar-refractivity contribution in [3.8, 4) is 0 Å². The molecule has 94 valence electrons. The molecule has 1 fully saturated rings. The first-order valence-electron chi connectivity index (χ1n) is 6.68. The lowest BCUT2D eigenvalue weighted by Crippen LogP contribution is -2.14. The van der Waals surface area contributed by atoms with E-state index in [2.05, 4.69) is 24.3 Å². The minimum absolute atomic E-state index is 0.0374. The van der Waals surface area contributed by atoms with Gasteiger partial charge in [0.05, 0.1) is 6.10 Å². The van der Waals surface area contributed by atoms with Gasteiger partial charge in [-0.1, -0.05) is 43.5 Å². The van der Waals surface area contributed by atoms with Gasteiger partial charge in [0.2, 0.25) is 0 Å². The molecule has 1 aliphatic carbocycles. The summed E-state index contributed by atoms with van der Waals surface area (Å²) in [7, 11) is 1.71. The molecule has 2 nitrogen and oxygen atoms in total. The summed E-state index contributed by atoms with van der Waals surface area (Å²) < 4.78 is 5.35. The first-order chi connectivity index (χ1) is 8.35. The highest BCUT2D eigenvalue weighted by Gasteiger charge is 2.16. The first-order valence-corrected chi connectivity index (χ1v) is 6.68. The highest BCUT2D eigenvalue weighted by atomic mass is 16.5. The van der Waals surface area contributed by atoms with E-state index in [1.807, 2.05) is 0 Å². The second kappa shape index (κ2) is 6.18. The monoisotopic (exact) mass is 233 g/mol. The Labute approximate surface area is 104 Å². The summed E-state index contributed by atoms with van der Waals surface area (Å²) in [5, 5.41) is 0. The van der Waals surface area contributed by atoms with Crippen LogP contribution in [0.4, 0.5) is 0 Å². The molecule has 2 heteroatoms. The molecule has 0 spiro atoms. The highest BCUT2D eigenvalue weighted by Crippen LogP contribution is 2.33. The molecule has 0 aliphatic heterocycles. The molecule has 1 unspecified atom stereocenters. The van der Waals surface area contributed by atoms with Crippen molar-refractivity contribution in [1.82, 2.24) is 0 Å². The Hall–Kier alpha value is -0.860. The molecular weight excluding hydrogens is 210 g/mol. The minimum Gasteiger partial charge on any atom is -0.375 e. The second-order valence-corrected chi connectivity index (χ2v) is 4.96. The lowest BCUT2D eigenvalue weighted by molar-refractivity contribution is 0.110. The normalized spacial score (nSPS) is 19.2. The third-order valence-corrected chi connectivity index (χ3v) is 3.88. The quantitative estimate of drug-likeness (QED) is 0.865. The van der Waals surface area contributed by atoms with E-state index in [-0.39, 0.29) is 6.10 Å². The van der Waals surface area contributed by atoms with Crippen LogP contribution in [0.5, 0.6) is 0 Å². The van der Waals surface area contributed by atoms with Crippen LogP contribution in [0, 0.1) is 0 Å². The Morgan fingerprint density at radius 2 is 1.82 bits per heavy atom. The Kier molecular flexibility index (Phi) is 4.57. The van der Waals surface area contributed by atoms with E-state index in [1.165, 1.54) is 43.2 Å². The summed E-state index contributed by atoms with van der Waals surface area (Å²) >= 11 is 0. The number of rotatable bonds is 4. The van der Waals surface area contributed by atoms with E-state index in [0.29, 0.717) is 6.54 Å². The van der Waals surface area contributed by atoms with Gasteiger partial charge in [0, 0.05) is 13.7 Å². The molecule has 2 rings (SSSR count). The van der Waals surface area contributed by atoms with Gasteiger partial charge in [-0.2, -0.15) is 0 Å². The average molecular weight is 233 g/mol. The third kappa shape index (κ3) is 3.08. The summed E-state index contributed by atoms with van der Waals surface area (Å²) in [4.78, 5) is 0. The van der Waals surface area contributed by atoms with Crippen molar-refractivity contribution in [2.75, 3.05) is 13.7 Å². The zero-order valence-electron chi connectivity index (χ0n) is 10.7.